The van der Waals surface area contributed by atoms with E-state index in [4.69, 9.17) is 4.74 Å². The molecule has 1 amide bonds. The third-order valence-corrected chi connectivity index (χ3v) is 6.77. The van der Waals surface area contributed by atoms with Crippen LogP contribution < -0.4 is 10.1 Å². The van der Waals surface area contributed by atoms with Crippen molar-refractivity contribution in [2.24, 2.45) is 0 Å². The van der Waals surface area contributed by atoms with Crippen LogP contribution in [-0.2, 0) is 4.79 Å². The summed E-state index contributed by atoms with van der Waals surface area (Å²) in [5.41, 5.74) is 1.95. The van der Waals surface area contributed by atoms with Crippen molar-refractivity contribution in [2.75, 3.05) is 26.2 Å². The molecule has 4 rings (SSSR count). The number of likely N-dealkylation sites (N-methyl/N-ethyl adjacent to an activating group) is 1. The third-order valence-electron chi connectivity index (χ3n) is 6.77. The van der Waals surface area contributed by atoms with Gasteiger partial charge in [0.1, 0.15) is 17.2 Å². The first kappa shape index (κ1) is 21.1. The highest BCUT2D eigenvalue weighted by Crippen LogP contribution is 2.49. The predicted octanol–water partition coefficient (Wildman–Crippen LogP) is 3.30. The number of carbonyl (C=O) groups is 1. The molecule has 3 aliphatic rings. The average Bonchev–Trinajstić information content (AvgIpc) is 2.75. The van der Waals surface area contributed by atoms with Gasteiger partial charge in [0.05, 0.1) is 6.10 Å². The number of nitrogens with zero attached hydrogens (tertiary/aromatic N) is 1. The van der Waals surface area contributed by atoms with E-state index in [1.807, 2.05) is 26.0 Å². The van der Waals surface area contributed by atoms with Gasteiger partial charge in [0.25, 0.3) is 0 Å². The van der Waals surface area contributed by atoms with Gasteiger partial charge >= 0.3 is 0 Å². The maximum absolute atomic E-state index is 14.1. The number of allylic oxidation sites excluding steroid dienone is 2. The first-order valence-corrected chi connectivity index (χ1v) is 11.0. The molecule has 6 heteroatoms. The summed E-state index contributed by atoms with van der Waals surface area (Å²) in [6.07, 6.45) is 5.72. The Morgan fingerprint density at radius 2 is 2.00 bits per heavy atom. The van der Waals surface area contributed by atoms with Crippen LogP contribution in [0.25, 0.3) is 0 Å². The fraction of sp³-hybridized carbons (Fsp3) is 0.542. The maximum Gasteiger partial charge on any atom is 0.249 e. The topological polar surface area (TPSA) is 61.8 Å². The van der Waals surface area contributed by atoms with Crippen LogP contribution in [0, 0.1) is 5.82 Å². The Balaban J connectivity index is 1.69. The molecule has 1 fully saturated rings. The Hall–Kier alpha value is -2.18. The highest BCUT2D eigenvalue weighted by Gasteiger charge is 2.44. The summed E-state index contributed by atoms with van der Waals surface area (Å²) >= 11 is 0. The Labute approximate surface area is 177 Å². The maximum atomic E-state index is 14.1. The van der Waals surface area contributed by atoms with E-state index in [0.717, 1.165) is 37.1 Å². The second-order valence-corrected chi connectivity index (χ2v) is 8.53. The smallest absolute Gasteiger partial charge is 0.249 e. The summed E-state index contributed by atoms with van der Waals surface area (Å²) in [5.74, 6) is 0.251. The van der Waals surface area contributed by atoms with Crippen molar-refractivity contribution in [3.63, 3.8) is 0 Å². The number of aliphatic hydroxyl groups excluding tert-OH is 1. The molecule has 0 bridgehead atoms. The fourth-order valence-corrected chi connectivity index (χ4v) is 5.05. The minimum atomic E-state index is -0.762. The Morgan fingerprint density at radius 3 is 2.67 bits per heavy atom. The number of benzene rings is 1. The first-order chi connectivity index (χ1) is 14.5. The van der Waals surface area contributed by atoms with E-state index < -0.39 is 6.10 Å². The van der Waals surface area contributed by atoms with Gasteiger partial charge in [-0.15, -0.1) is 0 Å². The van der Waals surface area contributed by atoms with Crippen LogP contribution in [-0.4, -0.2) is 53.8 Å². The molecule has 2 unspecified atom stereocenters. The molecule has 162 valence electrons. The molecule has 1 aromatic carbocycles. The van der Waals surface area contributed by atoms with Crippen molar-refractivity contribution in [2.45, 2.75) is 57.2 Å². The summed E-state index contributed by atoms with van der Waals surface area (Å²) in [7, 11) is 0. The van der Waals surface area contributed by atoms with Crippen molar-refractivity contribution >= 4 is 5.91 Å². The first-order valence-electron chi connectivity index (χ1n) is 11.0. The van der Waals surface area contributed by atoms with Gasteiger partial charge in [-0.25, -0.2) is 4.39 Å². The highest BCUT2D eigenvalue weighted by atomic mass is 19.1. The van der Waals surface area contributed by atoms with Crippen LogP contribution >= 0.6 is 0 Å². The van der Waals surface area contributed by atoms with Crippen molar-refractivity contribution in [3.05, 3.63) is 52.9 Å². The van der Waals surface area contributed by atoms with Gasteiger partial charge in [-0.2, -0.15) is 0 Å². The predicted molar refractivity (Wildman–Crippen MR) is 114 cm³/mol. The average molecular weight is 415 g/mol. The van der Waals surface area contributed by atoms with Crippen LogP contribution in [0.5, 0.6) is 5.75 Å². The van der Waals surface area contributed by atoms with Gasteiger partial charge in [0, 0.05) is 36.6 Å². The van der Waals surface area contributed by atoms with E-state index in [1.54, 1.807) is 11.0 Å². The van der Waals surface area contributed by atoms with Gasteiger partial charge in [0.2, 0.25) is 5.91 Å². The van der Waals surface area contributed by atoms with Gasteiger partial charge < -0.3 is 20.1 Å². The summed E-state index contributed by atoms with van der Waals surface area (Å²) in [4.78, 5) is 14.5. The molecule has 2 heterocycles. The molecule has 2 atom stereocenters. The number of hydrogen-bond acceptors (Lipinski definition) is 4. The lowest BCUT2D eigenvalue weighted by molar-refractivity contribution is -0.127. The summed E-state index contributed by atoms with van der Waals surface area (Å²) in [6.45, 7) is 6.95. The molecule has 2 N–H and O–H groups in total. The minimum absolute atomic E-state index is 0.0254. The molecule has 30 heavy (non-hydrogen) atoms. The van der Waals surface area contributed by atoms with E-state index in [0.29, 0.717) is 30.8 Å². The Bertz CT molecular complexity index is 869. The largest absolute Gasteiger partial charge is 0.487 e. The molecule has 1 spiro atoms. The Morgan fingerprint density at radius 1 is 1.27 bits per heavy atom. The van der Waals surface area contributed by atoms with Crippen LogP contribution in [0.2, 0.25) is 0 Å². The SMILES string of the molecule is CCN(CC)C(=O)C1=CC=C(C2CC3(CCNCC3)Oc3ccc(F)cc32)C(O)C1. The van der Waals surface area contributed by atoms with Crippen molar-refractivity contribution < 1.29 is 19.0 Å². The molecule has 1 aromatic rings. The number of piperidine rings is 1. The molecule has 0 saturated carbocycles. The van der Waals surface area contributed by atoms with Crippen LogP contribution in [0.15, 0.2) is 41.5 Å². The Kier molecular flexibility index (Phi) is 5.98. The van der Waals surface area contributed by atoms with Crippen molar-refractivity contribution in [1.82, 2.24) is 10.2 Å². The molecule has 1 saturated heterocycles. The lowest BCUT2D eigenvalue weighted by Gasteiger charge is -2.46. The number of amides is 1. The molecule has 2 aliphatic heterocycles. The van der Waals surface area contributed by atoms with Crippen LogP contribution in [0.3, 0.4) is 0 Å². The van der Waals surface area contributed by atoms with Crippen LogP contribution in [0.4, 0.5) is 4.39 Å². The van der Waals surface area contributed by atoms with Crippen molar-refractivity contribution in [1.29, 1.82) is 0 Å². The third kappa shape index (κ3) is 3.91. The van der Waals surface area contributed by atoms with E-state index >= 15 is 0 Å². The molecule has 0 radical (unpaired) electrons. The zero-order chi connectivity index (χ0) is 21.3. The minimum Gasteiger partial charge on any atom is -0.487 e. The molecule has 5 nitrogen and oxygen atoms in total. The van der Waals surface area contributed by atoms with Gasteiger partial charge in [-0.1, -0.05) is 12.2 Å². The van der Waals surface area contributed by atoms with E-state index in [1.165, 1.54) is 12.1 Å². The normalized spacial score (nSPS) is 25.1. The quantitative estimate of drug-likeness (QED) is 0.794. The van der Waals surface area contributed by atoms with E-state index in [9.17, 15) is 14.3 Å². The summed E-state index contributed by atoms with van der Waals surface area (Å²) in [6, 6.07) is 4.67. The van der Waals surface area contributed by atoms with Crippen molar-refractivity contribution in [3.8, 4) is 5.75 Å². The van der Waals surface area contributed by atoms with Gasteiger partial charge in [-0.05, 0) is 70.0 Å². The second kappa shape index (κ2) is 8.52. The number of ether oxygens (including phenoxy) is 1. The van der Waals surface area contributed by atoms with Gasteiger partial charge in [0.15, 0.2) is 0 Å². The zero-order valence-corrected chi connectivity index (χ0v) is 17.8. The molecule has 1 aliphatic carbocycles. The lowest BCUT2D eigenvalue weighted by Crippen LogP contribution is -2.49. The second-order valence-electron chi connectivity index (χ2n) is 8.53. The molecular formula is C24H31FN2O3. The highest BCUT2D eigenvalue weighted by molar-refractivity contribution is 5.94. The number of rotatable bonds is 4. The molecular weight excluding hydrogens is 383 g/mol. The number of hydrogen-bond donors (Lipinski definition) is 2. The van der Waals surface area contributed by atoms with Gasteiger partial charge in [-0.3, -0.25) is 4.79 Å². The summed E-state index contributed by atoms with van der Waals surface area (Å²) < 4.78 is 20.5. The van der Waals surface area contributed by atoms with Crippen LogP contribution in [0.1, 0.15) is 51.0 Å². The standard InChI is InChI=1S/C24H31FN2O3/c1-3-27(4-2)23(29)16-5-7-18(21(28)13-16)20-15-24(9-11-26-12-10-24)30-22-8-6-17(25)14-19(20)22/h5-8,14,20-21,26,28H,3-4,9-13,15H2,1-2H3. The number of aliphatic hydroxyl groups is 1. The fourth-order valence-electron chi connectivity index (χ4n) is 5.05. The zero-order valence-electron chi connectivity index (χ0n) is 17.8. The van der Waals surface area contributed by atoms with E-state index in [2.05, 4.69) is 5.32 Å². The number of nitrogens with one attached hydrogen (secondary N) is 1. The lowest BCUT2D eigenvalue weighted by atomic mass is 9.72. The number of carbonyl (C=O) groups excluding carboxylic acids is 1. The number of halogens is 1. The van der Waals surface area contributed by atoms with E-state index in [-0.39, 0.29) is 29.7 Å². The monoisotopic (exact) mass is 414 g/mol. The number of fused-ring (bicyclic) bond motifs is 1. The molecule has 0 aromatic heterocycles. The summed E-state index contributed by atoms with van der Waals surface area (Å²) in [5, 5.41) is 14.4.